The Morgan fingerprint density at radius 1 is 1.45 bits per heavy atom. The summed E-state index contributed by atoms with van der Waals surface area (Å²) in [5.74, 6) is 1.45. The number of likely N-dealkylation sites (tertiary alicyclic amines) is 1. The van der Waals surface area contributed by atoms with Crippen LogP contribution in [-0.2, 0) is 4.79 Å². The molecule has 0 aliphatic carbocycles. The van der Waals surface area contributed by atoms with Gasteiger partial charge in [-0.15, -0.1) is 0 Å². The maximum Gasteiger partial charge on any atom is 0.312 e. The summed E-state index contributed by atoms with van der Waals surface area (Å²) in [4.78, 5) is 25.5. The molecule has 0 aromatic carbocycles. The maximum atomic E-state index is 12.1. The van der Waals surface area contributed by atoms with Gasteiger partial charge in [-0.2, -0.15) is 11.8 Å². The van der Waals surface area contributed by atoms with Crippen molar-refractivity contribution in [2.45, 2.75) is 38.6 Å². The zero-order valence-corrected chi connectivity index (χ0v) is 14.6. The van der Waals surface area contributed by atoms with Crippen molar-refractivity contribution in [1.29, 1.82) is 0 Å². The van der Waals surface area contributed by atoms with Crippen LogP contribution >= 0.6 is 11.8 Å². The van der Waals surface area contributed by atoms with Crippen molar-refractivity contribution in [1.82, 2.24) is 15.5 Å². The molecule has 1 saturated heterocycles. The van der Waals surface area contributed by atoms with Gasteiger partial charge in [0, 0.05) is 13.1 Å². The van der Waals surface area contributed by atoms with Crippen LogP contribution in [0.25, 0.3) is 0 Å². The molecule has 1 rings (SSSR count). The van der Waals surface area contributed by atoms with Crippen LogP contribution in [0.4, 0.5) is 4.79 Å². The van der Waals surface area contributed by atoms with Crippen LogP contribution in [0.15, 0.2) is 0 Å². The van der Waals surface area contributed by atoms with E-state index in [2.05, 4.69) is 22.5 Å². The zero-order valence-electron chi connectivity index (χ0n) is 13.8. The number of nitrogens with one attached hydrogen (secondary N) is 2. The van der Waals surface area contributed by atoms with Gasteiger partial charge in [0.2, 0.25) is 5.91 Å². The third-order valence-corrected chi connectivity index (χ3v) is 4.58. The fourth-order valence-electron chi connectivity index (χ4n) is 2.80. The molecule has 128 valence electrons. The summed E-state index contributed by atoms with van der Waals surface area (Å²) in [5, 5.41) is 5.42. The molecule has 0 aromatic heterocycles. The number of carbonyl (C=O) groups is 2. The minimum Gasteiger partial charge on any atom is -0.354 e. The lowest BCUT2D eigenvalue weighted by Crippen LogP contribution is -2.49. The number of nitrogens with zero attached hydrogens (tertiary/aromatic N) is 1. The minimum atomic E-state index is -0.649. The van der Waals surface area contributed by atoms with Gasteiger partial charge >= 0.3 is 6.03 Å². The second-order valence-corrected chi connectivity index (χ2v) is 7.02. The Morgan fingerprint density at radius 3 is 2.86 bits per heavy atom. The molecule has 1 aliphatic rings. The van der Waals surface area contributed by atoms with Crippen LogP contribution < -0.4 is 16.4 Å². The van der Waals surface area contributed by atoms with E-state index in [-0.39, 0.29) is 5.91 Å². The van der Waals surface area contributed by atoms with Gasteiger partial charge in [-0.05, 0) is 56.7 Å². The monoisotopic (exact) mass is 330 g/mol. The minimum absolute atomic E-state index is 0.139. The second kappa shape index (κ2) is 10.7. The number of thioether (sulfide) groups is 1. The second-order valence-electron chi connectivity index (χ2n) is 6.04. The summed E-state index contributed by atoms with van der Waals surface area (Å²) in [6, 6.07) is -1.18. The molecule has 0 radical (unpaired) electrons. The smallest absolute Gasteiger partial charge is 0.312 e. The van der Waals surface area contributed by atoms with Crippen LogP contribution in [0.2, 0.25) is 0 Å². The molecule has 7 heteroatoms. The fraction of sp³-hybridized carbons (Fsp3) is 0.867. The van der Waals surface area contributed by atoms with Crippen molar-refractivity contribution in [3.8, 4) is 0 Å². The topological polar surface area (TPSA) is 87.5 Å². The van der Waals surface area contributed by atoms with E-state index in [1.165, 1.54) is 12.8 Å². The van der Waals surface area contributed by atoms with E-state index in [0.717, 1.165) is 37.7 Å². The Labute approximate surface area is 137 Å². The van der Waals surface area contributed by atoms with Crippen molar-refractivity contribution >= 4 is 23.7 Å². The molecule has 2 atom stereocenters. The fourth-order valence-corrected chi connectivity index (χ4v) is 3.27. The highest BCUT2D eigenvalue weighted by molar-refractivity contribution is 7.98. The van der Waals surface area contributed by atoms with Gasteiger partial charge in [0.15, 0.2) is 0 Å². The third kappa shape index (κ3) is 7.89. The third-order valence-electron chi connectivity index (χ3n) is 3.94. The molecule has 4 N–H and O–H groups in total. The highest BCUT2D eigenvalue weighted by Crippen LogP contribution is 2.15. The van der Waals surface area contributed by atoms with E-state index in [1.54, 1.807) is 11.8 Å². The van der Waals surface area contributed by atoms with E-state index >= 15 is 0 Å². The molecule has 1 heterocycles. The molecule has 1 aliphatic heterocycles. The van der Waals surface area contributed by atoms with E-state index < -0.39 is 12.1 Å². The molecule has 6 nitrogen and oxygen atoms in total. The van der Waals surface area contributed by atoms with E-state index in [9.17, 15) is 9.59 Å². The summed E-state index contributed by atoms with van der Waals surface area (Å²) in [7, 11) is 0. The van der Waals surface area contributed by atoms with Gasteiger partial charge in [-0.1, -0.05) is 6.92 Å². The van der Waals surface area contributed by atoms with Crippen molar-refractivity contribution in [2.75, 3.05) is 38.2 Å². The van der Waals surface area contributed by atoms with Crippen molar-refractivity contribution < 1.29 is 9.59 Å². The number of amides is 3. The highest BCUT2D eigenvalue weighted by atomic mass is 32.2. The summed E-state index contributed by atoms with van der Waals surface area (Å²) in [5.41, 5.74) is 5.12. The van der Waals surface area contributed by atoms with E-state index in [1.807, 2.05) is 6.26 Å². The lowest BCUT2D eigenvalue weighted by molar-refractivity contribution is -0.122. The quantitative estimate of drug-likeness (QED) is 0.551. The van der Waals surface area contributed by atoms with Crippen LogP contribution in [-0.4, -0.2) is 61.1 Å². The van der Waals surface area contributed by atoms with Crippen molar-refractivity contribution in [2.24, 2.45) is 11.7 Å². The molecule has 3 amide bonds. The number of piperidine rings is 1. The lowest BCUT2D eigenvalue weighted by atomic mass is 10.0. The van der Waals surface area contributed by atoms with Gasteiger partial charge in [0.25, 0.3) is 0 Å². The zero-order chi connectivity index (χ0) is 16.4. The van der Waals surface area contributed by atoms with Crippen LogP contribution in [0.1, 0.15) is 32.6 Å². The molecular formula is C15H30N4O2S. The van der Waals surface area contributed by atoms with Crippen molar-refractivity contribution in [3.63, 3.8) is 0 Å². The molecule has 0 aromatic rings. The molecule has 22 heavy (non-hydrogen) atoms. The maximum absolute atomic E-state index is 12.1. The lowest BCUT2D eigenvalue weighted by Gasteiger charge is -2.30. The number of hydrogen-bond acceptors (Lipinski definition) is 4. The highest BCUT2D eigenvalue weighted by Gasteiger charge is 2.19. The molecular weight excluding hydrogens is 300 g/mol. The first-order valence-electron chi connectivity index (χ1n) is 8.08. The first-order valence-corrected chi connectivity index (χ1v) is 9.47. The first kappa shape index (κ1) is 19.1. The average molecular weight is 330 g/mol. The average Bonchev–Trinajstić information content (AvgIpc) is 2.47. The number of rotatable bonds is 9. The summed E-state index contributed by atoms with van der Waals surface area (Å²) in [6.07, 6.45) is 6.10. The molecule has 2 unspecified atom stereocenters. The number of urea groups is 1. The van der Waals surface area contributed by atoms with Crippen LogP contribution in [0.5, 0.6) is 0 Å². The Kier molecular flexibility index (Phi) is 9.31. The van der Waals surface area contributed by atoms with Gasteiger partial charge in [-0.25, -0.2) is 4.79 Å². The molecule has 0 spiro atoms. The van der Waals surface area contributed by atoms with Crippen molar-refractivity contribution in [3.05, 3.63) is 0 Å². The summed E-state index contributed by atoms with van der Waals surface area (Å²) >= 11 is 1.64. The normalized spacial score (nSPS) is 20.4. The number of primary amides is 1. The largest absolute Gasteiger partial charge is 0.354 e. The summed E-state index contributed by atoms with van der Waals surface area (Å²) in [6.45, 7) is 6.27. The Bertz CT molecular complexity index is 354. The van der Waals surface area contributed by atoms with E-state index in [4.69, 9.17) is 5.73 Å². The predicted octanol–water partition coefficient (Wildman–Crippen LogP) is 1.01. The molecule has 1 fully saturated rings. The standard InChI is InChI=1S/C15H30N4O2S/c1-12-5-3-8-19(11-12)9-4-7-17-14(20)13(6-10-22-2)18-15(16)21/h12-13H,3-11H2,1-2H3,(H,17,20)(H3,16,18,21). The predicted molar refractivity (Wildman–Crippen MR) is 92.0 cm³/mol. The Balaban J connectivity index is 2.22. The number of nitrogens with two attached hydrogens (primary N) is 1. The van der Waals surface area contributed by atoms with Crippen LogP contribution in [0, 0.1) is 5.92 Å². The Hall–Kier alpha value is -0.950. The molecule has 0 bridgehead atoms. The SMILES string of the molecule is CSCCC(NC(N)=O)C(=O)NCCCN1CCCC(C)C1. The van der Waals surface area contributed by atoms with Gasteiger partial charge in [0.1, 0.15) is 6.04 Å². The van der Waals surface area contributed by atoms with E-state index in [0.29, 0.717) is 13.0 Å². The van der Waals surface area contributed by atoms with Gasteiger partial charge in [0.05, 0.1) is 0 Å². The number of carbonyl (C=O) groups excluding carboxylic acids is 2. The Morgan fingerprint density at radius 2 is 2.23 bits per heavy atom. The van der Waals surface area contributed by atoms with Gasteiger partial charge in [-0.3, -0.25) is 4.79 Å². The van der Waals surface area contributed by atoms with Crippen LogP contribution in [0.3, 0.4) is 0 Å². The summed E-state index contributed by atoms with van der Waals surface area (Å²) < 4.78 is 0. The number of hydrogen-bond donors (Lipinski definition) is 3. The first-order chi connectivity index (χ1) is 10.5. The molecule has 0 saturated carbocycles. The van der Waals surface area contributed by atoms with Gasteiger partial charge < -0.3 is 21.3 Å².